The smallest absolute Gasteiger partial charge is 0.220 e. The number of nitrogens with two attached hydrogens (primary N) is 1. The molecule has 0 aliphatic carbocycles. The molecule has 0 radical (unpaired) electrons. The molecular weight excluding hydrogens is 202 g/mol. The largest absolute Gasteiger partial charge is 0.352 e. The van der Waals surface area contributed by atoms with E-state index < -0.39 is 0 Å². The zero-order chi connectivity index (χ0) is 11.5. The fraction of sp³-hybridized carbons (Fsp3) is 0.917. The molecule has 3 atom stereocenters. The molecule has 3 N–H and O–H groups in total. The summed E-state index contributed by atoms with van der Waals surface area (Å²) in [4.78, 5) is 13.6. The molecule has 2 aliphatic heterocycles. The number of piperidine rings is 1. The Kier molecular flexibility index (Phi) is 3.82. The Morgan fingerprint density at radius 1 is 1.50 bits per heavy atom. The Morgan fingerprint density at radius 3 is 2.94 bits per heavy atom. The maximum absolute atomic E-state index is 11.2. The summed E-state index contributed by atoms with van der Waals surface area (Å²) in [6.45, 7) is 4.22. The number of rotatable bonds is 3. The van der Waals surface area contributed by atoms with Gasteiger partial charge in [0, 0.05) is 31.1 Å². The maximum Gasteiger partial charge on any atom is 0.220 e. The maximum atomic E-state index is 11.2. The van der Waals surface area contributed by atoms with Gasteiger partial charge in [-0.3, -0.25) is 9.69 Å². The summed E-state index contributed by atoms with van der Waals surface area (Å²) >= 11 is 0. The Bertz CT molecular complexity index is 255. The van der Waals surface area contributed by atoms with Crippen LogP contribution in [0, 0.1) is 0 Å². The van der Waals surface area contributed by atoms with Crippen LogP contribution in [-0.2, 0) is 4.79 Å². The van der Waals surface area contributed by atoms with E-state index in [1.165, 1.54) is 19.3 Å². The van der Waals surface area contributed by atoms with E-state index in [2.05, 4.69) is 17.1 Å². The van der Waals surface area contributed by atoms with Crippen molar-refractivity contribution in [1.82, 2.24) is 10.2 Å². The first kappa shape index (κ1) is 11.9. The lowest BCUT2D eigenvalue weighted by Crippen LogP contribution is -2.52. The molecule has 2 heterocycles. The minimum Gasteiger partial charge on any atom is -0.352 e. The van der Waals surface area contributed by atoms with E-state index in [4.69, 9.17) is 5.73 Å². The summed E-state index contributed by atoms with van der Waals surface area (Å²) in [6.07, 6.45) is 5.45. The first-order chi connectivity index (χ1) is 7.66. The van der Waals surface area contributed by atoms with Gasteiger partial charge in [0.05, 0.1) is 0 Å². The SMILES string of the molecule is CC(N)C1CCCCN1CC1CCC(=O)N1. The van der Waals surface area contributed by atoms with Crippen LogP contribution < -0.4 is 11.1 Å². The third-order valence-electron chi connectivity index (χ3n) is 3.81. The summed E-state index contributed by atoms with van der Waals surface area (Å²) < 4.78 is 0. The van der Waals surface area contributed by atoms with Gasteiger partial charge in [0.2, 0.25) is 5.91 Å². The first-order valence-corrected chi connectivity index (χ1v) is 6.46. The molecule has 0 saturated carbocycles. The van der Waals surface area contributed by atoms with E-state index in [0.717, 1.165) is 19.5 Å². The van der Waals surface area contributed by atoms with Crippen molar-refractivity contribution in [2.75, 3.05) is 13.1 Å². The van der Waals surface area contributed by atoms with Crippen LogP contribution in [0.25, 0.3) is 0 Å². The van der Waals surface area contributed by atoms with E-state index in [9.17, 15) is 4.79 Å². The van der Waals surface area contributed by atoms with Gasteiger partial charge in [-0.15, -0.1) is 0 Å². The molecule has 0 bridgehead atoms. The van der Waals surface area contributed by atoms with E-state index in [-0.39, 0.29) is 11.9 Å². The summed E-state index contributed by atoms with van der Waals surface area (Å²) in [5, 5.41) is 3.04. The molecule has 0 aromatic carbocycles. The molecular formula is C12H23N3O. The highest BCUT2D eigenvalue weighted by molar-refractivity contribution is 5.78. The molecule has 16 heavy (non-hydrogen) atoms. The normalized spacial score (nSPS) is 33.8. The number of carbonyl (C=O) groups is 1. The van der Waals surface area contributed by atoms with Gasteiger partial charge < -0.3 is 11.1 Å². The van der Waals surface area contributed by atoms with Crippen LogP contribution in [0.5, 0.6) is 0 Å². The lowest BCUT2D eigenvalue weighted by molar-refractivity contribution is -0.119. The molecule has 4 heteroatoms. The van der Waals surface area contributed by atoms with E-state index in [1.807, 2.05) is 0 Å². The third-order valence-corrected chi connectivity index (χ3v) is 3.81. The van der Waals surface area contributed by atoms with Crippen molar-refractivity contribution in [3.8, 4) is 0 Å². The van der Waals surface area contributed by atoms with Crippen LogP contribution in [0.15, 0.2) is 0 Å². The number of hydrogen-bond acceptors (Lipinski definition) is 3. The second kappa shape index (κ2) is 5.15. The highest BCUT2D eigenvalue weighted by Gasteiger charge is 2.29. The van der Waals surface area contributed by atoms with Crippen LogP contribution in [0.2, 0.25) is 0 Å². The van der Waals surface area contributed by atoms with Crippen LogP contribution in [0.4, 0.5) is 0 Å². The molecule has 0 aromatic rings. The molecule has 92 valence electrons. The molecule has 4 nitrogen and oxygen atoms in total. The van der Waals surface area contributed by atoms with Crippen molar-refractivity contribution < 1.29 is 4.79 Å². The fourth-order valence-corrected chi connectivity index (χ4v) is 2.94. The second-order valence-electron chi connectivity index (χ2n) is 5.22. The number of amides is 1. The first-order valence-electron chi connectivity index (χ1n) is 6.46. The van der Waals surface area contributed by atoms with Crippen molar-refractivity contribution >= 4 is 5.91 Å². The summed E-state index contributed by atoms with van der Waals surface area (Å²) in [5.74, 6) is 0.208. The van der Waals surface area contributed by atoms with Crippen LogP contribution in [0.1, 0.15) is 39.0 Å². The van der Waals surface area contributed by atoms with Gasteiger partial charge in [-0.25, -0.2) is 0 Å². The van der Waals surface area contributed by atoms with Crippen LogP contribution in [-0.4, -0.2) is 42.0 Å². The zero-order valence-corrected chi connectivity index (χ0v) is 10.1. The van der Waals surface area contributed by atoms with Gasteiger partial charge >= 0.3 is 0 Å². The van der Waals surface area contributed by atoms with Gasteiger partial charge in [0.25, 0.3) is 0 Å². The average Bonchev–Trinajstić information content (AvgIpc) is 2.64. The predicted molar refractivity (Wildman–Crippen MR) is 64.0 cm³/mol. The van der Waals surface area contributed by atoms with E-state index >= 15 is 0 Å². The molecule has 1 amide bonds. The van der Waals surface area contributed by atoms with Gasteiger partial charge in [0.15, 0.2) is 0 Å². The Morgan fingerprint density at radius 2 is 2.31 bits per heavy atom. The molecule has 2 fully saturated rings. The van der Waals surface area contributed by atoms with Gasteiger partial charge in [-0.1, -0.05) is 6.42 Å². The minimum absolute atomic E-state index is 0.208. The lowest BCUT2D eigenvalue weighted by atomic mass is 9.96. The van der Waals surface area contributed by atoms with Gasteiger partial charge in [0.1, 0.15) is 0 Å². The average molecular weight is 225 g/mol. The minimum atomic E-state index is 0.208. The van der Waals surface area contributed by atoms with Crippen LogP contribution >= 0.6 is 0 Å². The fourth-order valence-electron chi connectivity index (χ4n) is 2.94. The Balaban J connectivity index is 1.88. The van der Waals surface area contributed by atoms with Crippen molar-refractivity contribution in [3.05, 3.63) is 0 Å². The zero-order valence-electron chi connectivity index (χ0n) is 10.1. The van der Waals surface area contributed by atoms with Crippen molar-refractivity contribution in [1.29, 1.82) is 0 Å². The van der Waals surface area contributed by atoms with E-state index in [1.54, 1.807) is 0 Å². The number of likely N-dealkylation sites (tertiary alicyclic amines) is 1. The molecule has 2 aliphatic rings. The number of carbonyl (C=O) groups excluding carboxylic acids is 1. The molecule has 2 saturated heterocycles. The number of nitrogens with one attached hydrogen (secondary N) is 1. The quantitative estimate of drug-likeness (QED) is 0.734. The lowest BCUT2D eigenvalue weighted by Gasteiger charge is -2.39. The topological polar surface area (TPSA) is 58.4 Å². The van der Waals surface area contributed by atoms with Gasteiger partial charge in [-0.05, 0) is 32.7 Å². The van der Waals surface area contributed by atoms with Gasteiger partial charge in [-0.2, -0.15) is 0 Å². The Hall–Kier alpha value is -0.610. The van der Waals surface area contributed by atoms with E-state index in [0.29, 0.717) is 18.5 Å². The van der Waals surface area contributed by atoms with Crippen molar-refractivity contribution in [2.24, 2.45) is 5.73 Å². The van der Waals surface area contributed by atoms with Crippen molar-refractivity contribution in [3.63, 3.8) is 0 Å². The highest BCUT2D eigenvalue weighted by atomic mass is 16.1. The third kappa shape index (κ3) is 2.74. The van der Waals surface area contributed by atoms with Crippen LogP contribution in [0.3, 0.4) is 0 Å². The monoisotopic (exact) mass is 225 g/mol. The molecule has 0 aromatic heterocycles. The number of hydrogen-bond donors (Lipinski definition) is 2. The molecule has 2 rings (SSSR count). The highest BCUT2D eigenvalue weighted by Crippen LogP contribution is 2.20. The molecule has 3 unspecified atom stereocenters. The Labute approximate surface area is 97.6 Å². The predicted octanol–water partition coefficient (Wildman–Crippen LogP) is 0.467. The number of nitrogens with zero attached hydrogens (tertiary/aromatic N) is 1. The summed E-state index contributed by atoms with van der Waals surface area (Å²) in [7, 11) is 0. The van der Waals surface area contributed by atoms with Crippen molar-refractivity contribution in [2.45, 2.75) is 57.2 Å². The second-order valence-corrected chi connectivity index (χ2v) is 5.22. The standard InChI is InChI=1S/C12H23N3O/c1-9(13)11-4-2-3-7-15(11)8-10-5-6-12(16)14-10/h9-11H,2-8,13H2,1H3,(H,14,16). The summed E-state index contributed by atoms with van der Waals surface area (Å²) in [6, 6.07) is 1.09. The molecule has 0 spiro atoms. The summed E-state index contributed by atoms with van der Waals surface area (Å²) in [5.41, 5.74) is 6.03.